The number of amides is 2. The summed E-state index contributed by atoms with van der Waals surface area (Å²) in [5.74, 6) is 0. The Morgan fingerprint density at radius 3 is 2.70 bits per heavy atom. The minimum atomic E-state index is -0.156. The molecular weight excluding hydrogens is 252 g/mol. The Morgan fingerprint density at radius 1 is 1.25 bits per heavy atom. The zero-order valence-electron chi connectivity index (χ0n) is 11.4. The first-order valence-corrected chi connectivity index (χ1v) is 6.39. The van der Waals surface area contributed by atoms with Crippen molar-refractivity contribution >= 4 is 11.7 Å². The van der Waals surface area contributed by atoms with Crippen LogP contribution in [-0.2, 0) is 13.1 Å². The molecule has 20 heavy (non-hydrogen) atoms. The second-order valence-electron chi connectivity index (χ2n) is 4.55. The number of anilines is 1. The molecule has 0 radical (unpaired) electrons. The Balaban J connectivity index is 1.97. The van der Waals surface area contributed by atoms with Gasteiger partial charge in [0.1, 0.15) is 0 Å². The van der Waals surface area contributed by atoms with Crippen molar-refractivity contribution in [2.24, 2.45) is 5.73 Å². The summed E-state index contributed by atoms with van der Waals surface area (Å²) in [6.45, 7) is 0.988. The van der Waals surface area contributed by atoms with Crippen LogP contribution in [0.15, 0.2) is 48.8 Å². The number of carbonyl (C=O) groups excluding carboxylic acids is 1. The summed E-state index contributed by atoms with van der Waals surface area (Å²) < 4.78 is 0. The molecule has 2 rings (SSSR count). The van der Waals surface area contributed by atoms with Gasteiger partial charge in [-0.05, 0) is 35.4 Å². The summed E-state index contributed by atoms with van der Waals surface area (Å²) in [5.41, 5.74) is 8.35. The van der Waals surface area contributed by atoms with E-state index in [0.717, 1.165) is 16.8 Å². The molecule has 2 amide bonds. The lowest BCUT2D eigenvalue weighted by Gasteiger charge is -2.18. The molecule has 2 aromatic rings. The van der Waals surface area contributed by atoms with E-state index in [1.165, 1.54) is 0 Å². The lowest BCUT2D eigenvalue weighted by Crippen LogP contribution is -2.30. The van der Waals surface area contributed by atoms with E-state index in [1.54, 1.807) is 24.3 Å². The van der Waals surface area contributed by atoms with Crippen LogP contribution in [0.4, 0.5) is 10.5 Å². The van der Waals surface area contributed by atoms with Crippen LogP contribution in [-0.4, -0.2) is 23.0 Å². The van der Waals surface area contributed by atoms with E-state index in [1.807, 2.05) is 36.4 Å². The molecule has 1 heterocycles. The van der Waals surface area contributed by atoms with E-state index in [-0.39, 0.29) is 6.03 Å². The van der Waals surface area contributed by atoms with Gasteiger partial charge in [-0.15, -0.1) is 0 Å². The number of hydrogen-bond donors (Lipinski definition) is 2. The fourth-order valence-electron chi connectivity index (χ4n) is 1.83. The number of benzene rings is 1. The average Bonchev–Trinajstić information content (AvgIpc) is 2.48. The Hall–Kier alpha value is -2.40. The molecular formula is C15H18N4O. The number of urea groups is 1. The van der Waals surface area contributed by atoms with Crippen LogP contribution in [0.3, 0.4) is 0 Å². The monoisotopic (exact) mass is 270 g/mol. The highest BCUT2D eigenvalue weighted by Gasteiger charge is 2.09. The molecule has 0 saturated heterocycles. The second kappa shape index (κ2) is 6.68. The van der Waals surface area contributed by atoms with Crippen molar-refractivity contribution in [3.05, 3.63) is 59.9 Å². The Labute approximate surface area is 118 Å². The van der Waals surface area contributed by atoms with Crippen LogP contribution in [0.5, 0.6) is 0 Å². The van der Waals surface area contributed by atoms with Gasteiger partial charge in [0, 0.05) is 38.2 Å². The predicted octanol–water partition coefficient (Wildman–Crippen LogP) is 2.20. The van der Waals surface area contributed by atoms with Gasteiger partial charge in [0.25, 0.3) is 0 Å². The van der Waals surface area contributed by atoms with Crippen molar-refractivity contribution in [3.8, 4) is 0 Å². The van der Waals surface area contributed by atoms with E-state index in [9.17, 15) is 4.79 Å². The van der Waals surface area contributed by atoms with Gasteiger partial charge in [-0.3, -0.25) is 4.98 Å². The molecule has 0 aliphatic carbocycles. The molecule has 5 nitrogen and oxygen atoms in total. The lowest BCUT2D eigenvalue weighted by atomic mass is 10.2. The molecule has 1 aromatic heterocycles. The quantitative estimate of drug-likeness (QED) is 0.894. The van der Waals surface area contributed by atoms with Crippen LogP contribution in [0.2, 0.25) is 0 Å². The number of nitrogens with two attached hydrogens (primary N) is 1. The maximum absolute atomic E-state index is 12.1. The van der Waals surface area contributed by atoms with E-state index >= 15 is 0 Å². The molecule has 0 saturated carbocycles. The number of aromatic nitrogens is 1. The molecule has 3 N–H and O–H groups in total. The largest absolute Gasteiger partial charge is 0.326 e. The molecule has 1 aromatic carbocycles. The number of carbonyl (C=O) groups is 1. The summed E-state index contributed by atoms with van der Waals surface area (Å²) in [7, 11) is 1.75. The fraction of sp³-hybridized carbons (Fsp3) is 0.200. The topological polar surface area (TPSA) is 71.2 Å². The summed E-state index contributed by atoms with van der Waals surface area (Å²) in [4.78, 5) is 17.7. The van der Waals surface area contributed by atoms with Gasteiger partial charge >= 0.3 is 6.03 Å². The molecule has 0 fully saturated rings. The van der Waals surface area contributed by atoms with E-state index in [4.69, 9.17) is 5.73 Å². The second-order valence-corrected chi connectivity index (χ2v) is 4.55. The minimum Gasteiger partial charge on any atom is -0.326 e. The van der Waals surface area contributed by atoms with Crippen LogP contribution in [0, 0.1) is 0 Å². The van der Waals surface area contributed by atoms with Gasteiger partial charge in [0.15, 0.2) is 0 Å². The van der Waals surface area contributed by atoms with Gasteiger partial charge in [0.05, 0.1) is 0 Å². The van der Waals surface area contributed by atoms with Crippen LogP contribution >= 0.6 is 0 Å². The molecule has 5 heteroatoms. The molecule has 0 aliphatic rings. The number of nitrogens with zero attached hydrogens (tertiary/aromatic N) is 2. The Morgan fingerprint density at radius 2 is 2.00 bits per heavy atom. The highest BCUT2D eigenvalue weighted by atomic mass is 16.2. The molecule has 0 unspecified atom stereocenters. The number of nitrogens with one attached hydrogen (secondary N) is 1. The van der Waals surface area contributed by atoms with E-state index in [0.29, 0.717) is 13.1 Å². The zero-order chi connectivity index (χ0) is 14.4. The van der Waals surface area contributed by atoms with Crippen molar-refractivity contribution in [1.29, 1.82) is 0 Å². The summed E-state index contributed by atoms with van der Waals surface area (Å²) in [5, 5.41) is 2.85. The van der Waals surface area contributed by atoms with Gasteiger partial charge < -0.3 is 16.0 Å². The molecule has 0 bridgehead atoms. The van der Waals surface area contributed by atoms with Gasteiger partial charge in [-0.2, -0.15) is 0 Å². The highest BCUT2D eigenvalue weighted by Crippen LogP contribution is 2.11. The summed E-state index contributed by atoms with van der Waals surface area (Å²) in [6.07, 6.45) is 3.43. The minimum absolute atomic E-state index is 0.156. The third-order valence-corrected chi connectivity index (χ3v) is 2.93. The first-order chi connectivity index (χ1) is 9.69. The predicted molar refractivity (Wildman–Crippen MR) is 79.1 cm³/mol. The smallest absolute Gasteiger partial charge is 0.321 e. The number of pyridine rings is 1. The van der Waals surface area contributed by atoms with Gasteiger partial charge in [0.2, 0.25) is 0 Å². The first-order valence-electron chi connectivity index (χ1n) is 6.39. The third kappa shape index (κ3) is 3.80. The summed E-state index contributed by atoms with van der Waals surface area (Å²) in [6, 6.07) is 11.1. The van der Waals surface area contributed by atoms with Crippen molar-refractivity contribution < 1.29 is 4.79 Å². The van der Waals surface area contributed by atoms with Crippen LogP contribution in [0.1, 0.15) is 11.1 Å². The SMILES string of the molecule is CN(Cc1ccncc1)C(=O)Nc1cccc(CN)c1. The van der Waals surface area contributed by atoms with E-state index in [2.05, 4.69) is 10.3 Å². The third-order valence-electron chi connectivity index (χ3n) is 2.93. The lowest BCUT2D eigenvalue weighted by molar-refractivity contribution is 0.220. The maximum atomic E-state index is 12.1. The molecule has 0 spiro atoms. The number of hydrogen-bond acceptors (Lipinski definition) is 3. The van der Waals surface area contributed by atoms with Crippen LogP contribution < -0.4 is 11.1 Å². The fourth-order valence-corrected chi connectivity index (χ4v) is 1.83. The van der Waals surface area contributed by atoms with Crippen LogP contribution in [0.25, 0.3) is 0 Å². The molecule has 0 atom stereocenters. The first kappa shape index (κ1) is 14.0. The van der Waals surface area contributed by atoms with Crippen molar-refractivity contribution in [1.82, 2.24) is 9.88 Å². The molecule has 0 aliphatic heterocycles. The average molecular weight is 270 g/mol. The summed E-state index contributed by atoms with van der Waals surface area (Å²) >= 11 is 0. The Kier molecular flexibility index (Phi) is 4.68. The number of rotatable bonds is 4. The standard InChI is InChI=1S/C15H18N4O/c1-19(11-12-5-7-17-8-6-12)15(20)18-14-4-2-3-13(9-14)10-16/h2-9H,10-11,16H2,1H3,(H,18,20). The van der Waals surface area contributed by atoms with Gasteiger partial charge in [-0.25, -0.2) is 4.79 Å². The maximum Gasteiger partial charge on any atom is 0.321 e. The normalized spacial score (nSPS) is 10.1. The van der Waals surface area contributed by atoms with Crippen molar-refractivity contribution in [3.63, 3.8) is 0 Å². The molecule has 104 valence electrons. The van der Waals surface area contributed by atoms with Gasteiger partial charge in [-0.1, -0.05) is 12.1 Å². The Bertz CT molecular complexity index is 571. The van der Waals surface area contributed by atoms with Crippen molar-refractivity contribution in [2.75, 3.05) is 12.4 Å². The zero-order valence-corrected chi connectivity index (χ0v) is 11.4. The van der Waals surface area contributed by atoms with E-state index < -0.39 is 0 Å². The highest BCUT2D eigenvalue weighted by molar-refractivity contribution is 5.89. The van der Waals surface area contributed by atoms with Crippen molar-refractivity contribution in [2.45, 2.75) is 13.1 Å².